The first-order chi connectivity index (χ1) is 16.8. The SMILES string of the molecule is N#Cc1ccc(Nc2cccc3c2C(c2ccccc2)(c2ccccc2)c2ccccc2-3)cc1. The molecule has 5 aromatic carbocycles. The summed E-state index contributed by atoms with van der Waals surface area (Å²) in [6, 6.07) is 46.7. The fraction of sp³-hybridized carbons (Fsp3) is 0.0312. The lowest BCUT2D eigenvalue weighted by Gasteiger charge is -2.35. The van der Waals surface area contributed by atoms with Gasteiger partial charge in [-0.1, -0.05) is 97.1 Å². The quantitative estimate of drug-likeness (QED) is 0.309. The van der Waals surface area contributed by atoms with Gasteiger partial charge in [0.15, 0.2) is 0 Å². The van der Waals surface area contributed by atoms with Crippen molar-refractivity contribution in [3.63, 3.8) is 0 Å². The van der Waals surface area contributed by atoms with E-state index in [4.69, 9.17) is 0 Å². The first-order valence-corrected chi connectivity index (χ1v) is 11.4. The first kappa shape index (κ1) is 20.0. The predicted molar refractivity (Wildman–Crippen MR) is 138 cm³/mol. The standard InChI is InChI=1S/C32H22N2/c33-22-23-18-20-26(21-19-23)34-30-17-9-15-28-27-14-7-8-16-29(27)32(31(28)30,24-10-3-1-4-11-24)25-12-5-2-6-13-25/h1-21,34H. The molecule has 0 atom stereocenters. The number of nitrogens with one attached hydrogen (secondary N) is 1. The Balaban J connectivity index is 1.67. The molecule has 0 bridgehead atoms. The van der Waals surface area contributed by atoms with Gasteiger partial charge in [0.25, 0.3) is 0 Å². The minimum absolute atomic E-state index is 0.454. The van der Waals surface area contributed by atoms with Gasteiger partial charge in [0, 0.05) is 16.9 Å². The van der Waals surface area contributed by atoms with Crippen LogP contribution >= 0.6 is 0 Å². The van der Waals surface area contributed by atoms with Crippen molar-refractivity contribution in [2.45, 2.75) is 5.41 Å². The number of nitrogens with zero attached hydrogens (tertiary/aromatic N) is 1. The number of fused-ring (bicyclic) bond motifs is 3. The lowest BCUT2D eigenvalue weighted by Crippen LogP contribution is -2.29. The van der Waals surface area contributed by atoms with E-state index in [9.17, 15) is 5.26 Å². The minimum atomic E-state index is -0.454. The number of benzene rings is 5. The van der Waals surface area contributed by atoms with Gasteiger partial charge in [0.2, 0.25) is 0 Å². The van der Waals surface area contributed by atoms with E-state index in [1.54, 1.807) is 0 Å². The van der Waals surface area contributed by atoms with Crippen LogP contribution in [0.1, 0.15) is 27.8 Å². The van der Waals surface area contributed by atoms with Crippen LogP contribution in [0.2, 0.25) is 0 Å². The molecule has 1 N–H and O–H groups in total. The Kier molecular flexibility index (Phi) is 4.75. The average molecular weight is 435 g/mol. The van der Waals surface area contributed by atoms with Crippen LogP contribution in [0.25, 0.3) is 11.1 Å². The molecule has 0 amide bonds. The second-order valence-corrected chi connectivity index (χ2v) is 8.57. The lowest BCUT2D eigenvalue weighted by molar-refractivity contribution is 0.770. The molecule has 1 aliphatic rings. The van der Waals surface area contributed by atoms with Gasteiger partial charge in [-0.25, -0.2) is 0 Å². The molecule has 2 nitrogen and oxygen atoms in total. The summed E-state index contributed by atoms with van der Waals surface area (Å²) in [6.45, 7) is 0. The molecule has 0 aromatic heterocycles. The smallest absolute Gasteiger partial charge is 0.0991 e. The zero-order valence-electron chi connectivity index (χ0n) is 18.6. The second kappa shape index (κ2) is 8.06. The fourth-order valence-electron chi connectivity index (χ4n) is 5.39. The van der Waals surface area contributed by atoms with Gasteiger partial charge in [-0.05, 0) is 58.1 Å². The maximum atomic E-state index is 9.20. The van der Waals surface area contributed by atoms with Gasteiger partial charge in [0.1, 0.15) is 0 Å². The van der Waals surface area contributed by atoms with E-state index < -0.39 is 5.41 Å². The van der Waals surface area contributed by atoms with E-state index >= 15 is 0 Å². The van der Waals surface area contributed by atoms with Crippen LogP contribution < -0.4 is 5.32 Å². The summed E-state index contributed by atoms with van der Waals surface area (Å²) in [5.41, 5.74) is 9.72. The van der Waals surface area contributed by atoms with E-state index in [1.807, 2.05) is 24.3 Å². The van der Waals surface area contributed by atoms with Crippen LogP contribution in [0.3, 0.4) is 0 Å². The largest absolute Gasteiger partial charge is 0.355 e. The molecule has 0 aliphatic heterocycles. The maximum Gasteiger partial charge on any atom is 0.0991 e. The van der Waals surface area contributed by atoms with Crippen molar-refractivity contribution in [3.8, 4) is 17.2 Å². The van der Waals surface area contributed by atoms with Crippen molar-refractivity contribution >= 4 is 11.4 Å². The normalized spacial score (nSPS) is 12.9. The Hall–Kier alpha value is -4.61. The molecule has 34 heavy (non-hydrogen) atoms. The molecule has 1 aliphatic carbocycles. The number of hydrogen-bond donors (Lipinski definition) is 1. The minimum Gasteiger partial charge on any atom is -0.355 e. The van der Waals surface area contributed by atoms with Gasteiger partial charge in [-0.3, -0.25) is 0 Å². The summed E-state index contributed by atoms with van der Waals surface area (Å²) in [4.78, 5) is 0. The van der Waals surface area contributed by atoms with Crippen molar-refractivity contribution in [3.05, 3.63) is 155 Å². The van der Waals surface area contributed by atoms with Crippen LogP contribution in [-0.2, 0) is 5.41 Å². The highest BCUT2D eigenvalue weighted by molar-refractivity contribution is 5.91. The van der Waals surface area contributed by atoms with Crippen molar-refractivity contribution < 1.29 is 0 Å². The molecular weight excluding hydrogens is 412 g/mol. The molecule has 0 radical (unpaired) electrons. The fourth-order valence-corrected chi connectivity index (χ4v) is 5.39. The van der Waals surface area contributed by atoms with Crippen molar-refractivity contribution in [2.75, 3.05) is 5.32 Å². The highest BCUT2D eigenvalue weighted by atomic mass is 14.9. The van der Waals surface area contributed by atoms with E-state index in [2.05, 4.69) is 115 Å². The Morgan fingerprint density at radius 1 is 0.559 bits per heavy atom. The summed E-state index contributed by atoms with van der Waals surface area (Å²) in [6.07, 6.45) is 0. The van der Waals surface area contributed by atoms with Gasteiger partial charge in [0.05, 0.1) is 17.0 Å². The van der Waals surface area contributed by atoms with E-state index in [0.29, 0.717) is 5.56 Å². The second-order valence-electron chi connectivity index (χ2n) is 8.57. The number of anilines is 2. The van der Waals surface area contributed by atoms with E-state index in [-0.39, 0.29) is 0 Å². The van der Waals surface area contributed by atoms with Crippen LogP contribution in [0.5, 0.6) is 0 Å². The van der Waals surface area contributed by atoms with Gasteiger partial charge in [-0.2, -0.15) is 5.26 Å². The molecule has 0 spiro atoms. The van der Waals surface area contributed by atoms with Crippen LogP contribution in [0.4, 0.5) is 11.4 Å². The first-order valence-electron chi connectivity index (χ1n) is 11.4. The summed E-state index contributed by atoms with van der Waals surface area (Å²) in [5.74, 6) is 0. The summed E-state index contributed by atoms with van der Waals surface area (Å²) < 4.78 is 0. The topological polar surface area (TPSA) is 35.8 Å². The highest BCUT2D eigenvalue weighted by Gasteiger charge is 2.47. The molecular formula is C32H22N2. The number of hydrogen-bond acceptors (Lipinski definition) is 2. The zero-order chi connectivity index (χ0) is 23.0. The monoisotopic (exact) mass is 434 g/mol. The summed E-state index contributed by atoms with van der Waals surface area (Å²) in [7, 11) is 0. The highest BCUT2D eigenvalue weighted by Crippen LogP contribution is 2.58. The van der Waals surface area contributed by atoms with Crippen LogP contribution in [-0.4, -0.2) is 0 Å². The molecule has 0 saturated carbocycles. The van der Waals surface area contributed by atoms with Crippen LogP contribution in [0, 0.1) is 11.3 Å². The van der Waals surface area contributed by atoms with Crippen molar-refractivity contribution in [2.24, 2.45) is 0 Å². The van der Waals surface area contributed by atoms with Gasteiger partial charge < -0.3 is 5.32 Å². The van der Waals surface area contributed by atoms with Crippen LogP contribution in [0.15, 0.2) is 127 Å². The number of rotatable bonds is 4. The number of nitriles is 1. The maximum absolute atomic E-state index is 9.20. The Bertz CT molecular complexity index is 1470. The van der Waals surface area contributed by atoms with Crippen molar-refractivity contribution in [1.82, 2.24) is 0 Å². The Morgan fingerprint density at radius 3 is 1.79 bits per heavy atom. The molecule has 5 aromatic rings. The molecule has 0 heterocycles. The summed E-state index contributed by atoms with van der Waals surface area (Å²) in [5, 5.41) is 12.9. The molecule has 2 heteroatoms. The molecule has 160 valence electrons. The average Bonchev–Trinajstić information content (AvgIpc) is 3.22. The van der Waals surface area contributed by atoms with Crippen molar-refractivity contribution in [1.29, 1.82) is 5.26 Å². The molecule has 0 unspecified atom stereocenters. The molecule has 0 saturated heterocycles. The summed E-state index contributed by atoms with van der Waals surface area (Å²) >= 11 is 0. The van der Waals surface area contributed by atoms with E-state index in [1.165, 1.54) is 33.4 Å². The molecule has 6 rings (SSSR count). The van der Waals surface area contributed by atoms with Gasteiger partial charge in [-0.15, -0.1) is 0 Å². The Morgan fingerprint density at radius 2 is 1.15 bits per heavy atom. The lowest BCUT2D eigenvalue weighted by atomic mass is 9.67. The third-order valence-electron chi connectivity index (χ3n) is 6.77. The van der Waals surface area contributed by atoms with E-state index in [0.717, 1.165) is 11.4 Å². The van der Waals surface area contributed by atoms with Gasteiger partial charge >= 0.3 is 0 Å². The third-order valence-corrected chi connectivity index (χ3v) is 6.77. The Labute approximate surface area is 199 Å². The predicted octanol–water partition coefficient (Wildman–Crippen LogP) is 7.66. The zero-order valence-corrected chi connectivity index (χ0v) is 18.6. The third kappa shape index (κ3) is 2.95. The molecule has 0 fully saturated rings.